The molecule has 0 saturated carbocycles. The van der Waals surface area contributed by atoms with E-state index >= 15 is 0 Å². The summed E-state index contributed by atoms with van der Waals surface area (Å²) in [6, 6.07) is 31.6. The second kappa shape index (κ2) is 6.51. The van der Waals surface area contributed by atoms with Crippen molar-refractivity contribution in [3.8, 4) is 11.1 Å². The van der Waals surface area contributed by atoms with Gasteiger partial charge in [0.1, 0.15) is 0 Å². The third-order valence-corrected chi connectivity index (χ3v) is 6.41. The van der Waals surface area contributed by atoms with Crippen LogP contribution >= 0.6 is 11.6 Å². The number of hydrogen-bond acceptors (Lipinski definition) is 2. The Hall–Kier alpha value is -3.49. The number of benzene rings is 3. The van der Waals surface area contributed by atoms with Crippen LogP contribution < -0.4 is 0 Å². The number of fused-ring (bicyclic) bond motifs is 4. The lowest BCUT2D eigenvalue weighted by atomic mass is 9.70. The molecule has 142 valence electrons. The molecule has 0 amide bonds. The van der Waals surface area contributed by atoms with E-state index in [1.54, 1.807) is 6.20 Å². The largest absolute Gasteiger partial charge is 0.264 e. The van der Waals surface area contributed by atoms with Gasteiger partial charge in [-0.2, -0.15) is 0 Å². The predicted octanol–water partition coefficient (Wildman–Crippen LogP) is 6.65. The average Bonchev–Trinajstić information content (AvgIpc) is 3.12. The van der Waals surface area contributed by atoms with Gasteiger partial charge in [0, 0.05) is 28.4 Å². The van der Waals surface area contributed by atoms with Crippen molar-refractivity contribution in [1.82, 2.24) is 9.97 Å². The van der Waals surface area contributed by atoms with Gasteiger partial charge in [0.25, 0.3) is 0 Å². The molecule has 0 aliphatic heterocycles. The van der Waals surface area contributed by atoms with Crippen LogP contribution in [-0.4, -0.2) is 9.97 Å². The fourth-order valence-corrected chi connectivity index (χ4v) is 5.16. The van der Waals surface area contributed by atoms with Crippen molar-refractivity contribution in [1.29, 1.82) is 0 Å². The van der Waals surface area contributed by atoms with E-state index < -0.39 is 5.41 Å². The van der Waals surface area contributed by atoms with E-state index in [-0.39, 0.29) is 0 Å². The molecule has 0 spiro atoms. The molecular formula is C27H17ClN2. The van der Waals surface area contributed by atoms with Crippen LogP contribution in [0.4, 0.5) is 0 Å². The SMILES string of the molecule is Clc1cccc2c1-c1ccccc1C2(c1ccccc1)c1ccc2cnccc2n1. The minimum Gasteiger partial charge on any atom is -0.264 e. The van der Waals surface area contributed by atoms with Gasteiger partial charge in [-0.25, -0.2) is 0 Å². The first-order valence-corrected chi connectivity index (χ1v) is 10.3. The molecule has 6 rings (SSSR count). The van der Waals surface area contributed by atoms with Gasteiger partial charge in [-0.05, 0) is 46.5 Å². The average molecular weight is 405 g/mol. The number of hydrogen-bond donors (Lipinski definition) is 0. The first kappa shape index (κ1) is 17.4. The van der Waals surface area contributed by atoms with Crippen LogP contribution in [0.5, 0.6) is 0 Å². The standard InChI is InChI=1S/C27H17ClN2/c28-23-12-6-11-22-26(23)20-9-4-5-10-21(20)27(22,19-7-2-1-3-8-19)25-14-13-18-17-29-16-15-24(18)30-25/h1-17H. The van der Waals surface area contributed by atoms with Crippen molar-refractivity contribution >= 4 is 22.5 Å². The van der Waals surface area contributed by atoms with Crippen LogP contribution in [-0.2, 0) is 5.41 Å². The number of rotatable bonds is 2. The first-order valence-electron chi connectivity index (χ1n) is 9.96. The third-order valence-electron chi connectivity index (χ3n) is 6.10. The summed E-state index contributed by atoms with van der Waals surface area (Å²) in [5.74, 6) is 0. The van der Waals surface area contributed by atoms with Crippen molar-refractivity contribution in [2.45, 2.75) is 5.41 Å². The lowest BCUT2D eigenvalue weighted by Crippen LogP contribution is -2.29. The number of nitrogens with zero attached hydrogens (tertiary/aromatic N) is 2. The van der Waals surface area contributed by atoms with Crippen LogP contribution in [0.2, 0.25) is 5.02 Å². The van der Waals surface area contributed by atoms with E-state index in [0.29, 0.717) is 0 Å². The smallest absolute Gasteiger partial charge is 0.0886 e. The number of aromatic nitrogens is 2. The molecule has 2 aromatic heterocycles. The Morgan fingerprint density at radius 2 is 1.50 bits per heavy atom. The summed E-state index contributed by atoms with van der Waals surface area (Å²) in [4.78, 5) is 9.39. The highest BCUT2D eigenvalue weighted by molar-refractivity contribution is 6.34. The monoisotopic (exact) mass is 404 g/mol. The molecule has 2 heterocycles. The molecule has 0 bridgehead atoms. The first-order chi connectivity index (χ1) is 14.8. The van der Waals surface area contributed by atoms with Gasteiger partial charge in [0.05, 0.1) is 16.6 Å². The Kier molecular flexibility index (Phi) is 3.77. The van der Waals surface area contributed by atoms with E-state index in [1.807, 2.05) is 24.4 Å². The van der Waals surface area contributed by atoms with Crippen molar-refractivity contribution in [2.75, 3.05) is 0 Å². The zero-order chi connectivity index (χ0) is 20.1. The van der Waals surface area contributed by atoms with Crippen molar-refractivity contribution < 1.29 is 0 Å². The third kappa shape index (κ3) is 2.25. The second-order valence-electron chi connectivity index (χ2n) is 7.59. The molecule has 0 radical (unpaired) electrons. The lowest BCUT2D eigenvalue weighted by molar-refractivity contribution is 0.739. The van der Waals surface area contributed by atoms with E-state index in [2.05, 4.69) is 77.8 Å². The maximum Gasteiger partial charge on any atom is 0.0886 e. The molecule has 1 atom stereocenters. The molecule has 3 aromatic carbocycles. The minimum absolute atomic E-state index is 0.532. The van der Waals surface area contributed by atoms with Crippen LogP contribution in [0.1, 0.15) is 22.4 Å². The van der Waals surface area contributed by atoms with Gasteiger partial charge < -0.3 is 0 Å². The van der Waals surface area contributed by atoms with Crippen LogP contribution in [0.15, 0.2) is 103 Å². The fraction of sp³-hybridized carbons (Fsp3) is 0.0370. The van der Waals surface area contributed by atoms with Gasteiger partial charge in [0.2, 0.25) is 0 Å². The van der Waals surface area contributed by atoms with E-state index in [1.165, 1.54) is 22.3 Å². The summed E-state index contributed by atoms with van der Waals surface area (Å²) >= 11 is 6.77. The Labute approximate surface area is 179 Å². The summed E-state index contributed by atoms with van der Waals surface area (Å²) < 4.78 is 0. The van der Waals surface area contributed by atoms with Crippen LogP contribution in [0.3, 0.4) is 0 Å². The molecule has 2 nitrogen and oxygen atoms in total. The molecule has 1 aliphatic rings. The Bertz CT molecular complexity index is 1410. The summed E-state index contributed by atoms with van der Waals surface area (Å²) in [6.07, 6.45) is 3.65. The topological polar surface area (TPSA) is 25.8 Å². The summed E-state index contributed by atoms with van der Waals surface area (Å²) in [6.45, 7) is 0. The van der Waals surface area contributed by atoms with Crippen molar-refractivity contribution in [3.05, 3.63) is 131 Å². The highest BCUT2D eigenvalue weighted by Gasteiger charge is 2.47. The Morgan fingerprint density at radius 1 is 0.700 bits per heavy atom. The molecule has 5 aromatic rings. The summed E-state index contributed by atoms with van der Waals surface area (Å²) in [5.41, 5.74) is 7.21. The van der Waals surface area contributed by atoms with E-state index in [4.69, 9.17) is 16.6 Å². The van der Waals surface area contributed by atoms with E-state index in [9.17, 15) is 0 Å². The van der Waals surface area contributed by atoms with Gasteiger partial charge in [0.15, 0.2) is 0 Å². The Morgan fingerprint density at radius 3 is 2.40 bits per heavy atom. The lowest BCUT2D eigenvalue weighted by Gasteiger charge is -2.32. The molecule has 1 unspecified atom stereocenters. The van der Waals surface area contributed by atoms with Crippen LogP contribution in [0.25, 0.3) is 22.0 Å². The highest BCUT2D eigenvalue weighted by atomic mass is 35.5. The Balaban J connectivity index is 1.81. The zero-order valence-corrected chi connectivity index (χ0v) is 16.8. The summed E-state index contributed by atoms with van der Waals surface area (Å²) in [7, 11) is 0. The van der Waals surface area contributed by atoms with Crippen LogP contribution in [0, 0.1) is 0 Å². The van der Waals surface area contributed by atoms with Gasteiger partial charge in [-0.15, -0.1) is 0 Å². The van der Waals surface area contributed by atoms with E-state index in [0.717, 1.165) is 27.2 Å². The quantitative estimate of drug-likeness (QED) is 0.323. The fourth-order valence-electron chi connectivity index (χ4n) is 4.88. The molecule has 3 heteroatoms. The van der Waals surface area contributed by atoms with Gasteiger partial charge in [-0.1, -0.05) is 78.3 Å². The predicted molar refractivity (Wildman–Crippen MR) is 122 cm³/mol. The normalized spacial score (nSPS) is 17.0. The zero-order valence-electron chi connectivity index (χ0n) is 16.1. The molecule has 0 saturated heterocycles. The van der Waals surface area contributed by atoms with Gasteiger partial charge in [-0.3, -0.25) is 9.97 Å². The molecule has 0 fully saturated rings. The molecule has 30 heavy (non-hydrogen) atoms. The number of pyridine rings is 2. The maximum atomic E-state index is 6.77. The van der Waals surface area contributed by atoms with Gasteiger partial charge >= 0.3 is 0 Å². The maximum absolute atomic E-state index is 6.77. The minimum atomic E-state index is -0.532. The number of halogens is 1. The molecule has 1 aliphatic carbocycles. The summed E-state index contributed by atoms with van der Waals surface area (Å²) in [5, 5.41) is 1.80. The highest BCUT2D eigenvalue weighted by Crippen LogP contribution is 2.57. The molecule has 0 N–H and O–H groups in total. The second-order valence-corrected chi connectivity index (χ2v) is 8.00. The van der Waals surface area contributed by atoms with Crippen molar-refractivity contribution in [2.24, 2.45) is 0 Å². The van der Waals surface area contributed by atoms with Crippen molar-refractivity contribution in [3.63, 3.8) is 0 Å². The molecular weight excluding hydrogens is 388 g/mol.